The summed E-state index contributed by atoms with van der Waals surface area (Å²) in [6, 6.07) is 9.66. The molecule has 0 unspecified atom stereocenters. The van der Waals surface area contributed by atoms with E-state index in [0.717, 1.165) is 5.56 Å². The third kappa shape index (κ3) is 2.99. The third-order valence-electron chi connectivity index (χ3n) is 1.53. The number of benzene rings is 1. The van der Waals surface area contributed by atoms with Crippen LogP contribution in [0.4, 0.5) is 0 Å². The first-order valence-electron chi connectivity index (χ1n) is 3.85. The van der Waals surface area contributed by atoms with E-state index in [0.29, 0.717) is 5.76 Å². The largest absolute Gasteiger partial charge is 0.495 e. The Kier molecular flexibility index (Phi) is 3.57. The Bertz CT molecular complexity index is 304. The topological polar surface area (TPSA) is 41.8 Å². The van der Waals surface area contributed by atoms with Crippen LogP contribution in [0.25, 0.3) is 6.08 Å². The molecule has 13 heavy (non-hydrogen) atoms. The quantitative estimate of drug-likeness (QED) is 0.332. The Morgan fingerprint density at radius 2 is 2.08 bits per heavy atom. The minimum Gasteiger partial charge on any atom is -0.495 e. The van der Waals surface area contributed by atoms with E-state index in [1.54, 1.807) is 6.08 Å². The van der Waals surface area contributed by atoms with Gasteiger partial charge in [0.15, 0.2) is 0 Å². The van der Waals surface area contributed by atoms with Crippen LogP contribution in [-0.4, -0.2) is 18.5 Å². The first kappa shape index (κ1) is 9.32. The van der Waals surface area contributed by atoms with Crippen molar-refractivity contribution in [3.8, 4) is 0 Å². The molecular formula is C10H11NO2. The summed E-state index contributed by atoms with van der Waals surface area (Å²) in [5.41, 5.74) is 0.999. The van der Waals surface area contributed by atoms with Gasteiger partial charge in [-0.3, -0.25) is 0 Å². The van der Waals surface area contributed by atoms with Crippen LogP contribution in [0, 0.1) is 0 Å². The SMILES string of the molecule is COC(C=NO)=Cc1ccccc1. The second kappa shape index (κ2) is 4.98. The van der Waals surface area contributed by atoms with Crippen LogP contribution in [-0.2, 0) is 4.74 Å². The van der Waals surface area contributed by atoms with E-state index in [2.05, 4.69) is 5.16 Å². The van der Waals surface area contributed by atoms with E-state index in [4.69, 9.17) is 9.94 Å². The second-order valence-electron chi connectivity index (χ2n) is 2.41. The average molecular weight is 177 g/mol. The van der Waals surface area contributed by atoms with Gasteiger partial charge in [0, 0.05) is 0 Å². The number of allylic oxidation sites excluding steroid dienone is 1. The third-order valence-corrected chi connectivity index (χ3v) is 1.53. The Balaban J connectivity index is 2.85. The van der Waals surface area contributed by atoms with Crippen molar-refractivity contribution in [1.29, 1.82) is 0 Å². The van der Waals surface area contributed by atoms with Gasteiger partial charge in [-0.05, 0) is 11.6 Å². The molecule has 1 rings (SSSR count). The lowest BCUT2D eigenvalue weighted by Crippen LogP contribution is -1.87. The fourth-order valence-corrected chi connectivity index (χ4v) is 0.919. The molecule has 0 bridgehead atoms. The van der Waals surface area contributed by atoms with E-state index < -0.39 is 0 Å². The van der Waals surface area contributed by atoms with Crippen LogP contribution >= 0.6 is 0 Å². The van der Waals surface area contributed by atoms with E-state index in [1.807, 2.05) is 30.3 Å². The molecule has 0 saturated carbocycles. The predicted molar refractivity (Wildman–Crippen MR) is 51.7 cm³/mol. The van der Waals surface area contributed by atoms with Gasteiger partial charge in [-0.2, -0.15) is 0 Å². The lowest BCUT2D eigenvalue weighted by Gasteiger charge is -1.98. The van der Waals surface area contributed by atoms with Crippen molar-refractivity contribution in [1.82, 2.24) is 0 Å². The van der Waals surface area contributed by atoms with Gasteiger partial charge in [-0.25, -0.2) is 0 Å². The summed E-state index contributed by atoms with van der Waals surface area (Å²) in [7, 11) is 1.52. The molecule has 1 N–H and O–H groups in total. The number of hydrogen-bond acceptors (Lipinski definition) is 3. The van der Waals surface area contributed by atoms with Crippen molar-refractivity contribution < 1.29 is 9.94 Å². The standard InChI is InChI=1S/C10H11NO2/c1-13-10(8-11-12)7-9-5-3-2-4-6-9/h2-8,12H,1H3. The molecule has 0 amide bonds. The predicted octanol–water partition coefficient (Wildman–Crippen LogP) is 2.13. The highest BCUT2D eigenvalue weighted by Gasteiger charge is 1.91. The van der Waals surface area contributed by atoms with Gasteiger partial charge >= 0.3 is 0 Å². The fraction of sp³-hybridized carbons (Fsp3) is 0.100. The van der Waals surface area contributed by atoms with Crippen molar-refractivity contribution in [2.45, 2.75) is 0 Å². The van der Waals surface area contributed by atoms with Crippen LogP contribution < -0.4 is 0 Å². The maximum atomic E-state index is 8.29. The molecule has 1 aromatic carbocycles. The number of methoxy groups -OCH3 is 1. The molecule has 0 aromatic heterocycles. The zero-order chi connectivity index (χ0) is 9.52. The van der Waals surface area contributed by atoms with Crippen LogP contribution in [0.5, 0.6) is 0 Å². The Hall–Kier alpha value is -1.77. The summed E-state index contributed by atoms with van der Waals surface area (Å²) in [5, 5.41) is 11.2. The summed E-state index contributed by atoms with van der Waals surface area (Å²) < 4.78 is 4.95. The molecule has 3 nitrogen and oxygen atoms in total. The Morgan fingerprint density at radius 1 is 1.38 bits per heavy atom. The molecule has 1 aromatic rings. The van der Waals surface area contributed by atoms with Crippen LogP contribution in [0.3, 0.4) is 0 Å². The second-order valence-corrected chi connectivity index (χ2v) is 2.41. The first-order valence-corrected chi connectivity index (χ1v) is 3.85. The normalized spacial score (nSPS) is 11.9. The highest BCUT2D eigenvalue weighted by molar-refractivity contribution is 5.82. The monoisotopic (exact) mass is 177 g/mol. The lowest BCUT2D eigenvalue weighted by atomic mass is 10.2. The summed E-state index contributed by atoms with van der Waals surface area (Å²) in [5.74, 6) is 0.508. The number of ether oxygens (including phenoxy) is 1. The fourth-order valence-electron chi connectivity index (χ4n) is 0.919. The van der Waals surface area contributed by atoms with Crippen LogP contribution in [0.15, 0.2) is 41.2 Å². The Morgan fingerprint density at radius 3 is 2.62 bits per heavy atom. The number of hydrogen-bond donors (Lipinski definition) is 1. The van der Waals surface area contributed by atoms with Crippen molar-refractivity contribution in [3.63, 3.8) is 0 Å². The molecule has 0 saturated heterocycles. The van der Waals surface area contributed by atoms with Gasteiger partial charge in [0.1, 0.15) is 12.0 Å². The van der Waals surface area contributed by atoms with Gasteiger partial charge in [0.2, 0.25) is 0 Å². The van der Waals surface area contributed by atoms with Gasteiger partial charge in [-0.15, -0.1) is 0 Å². The number of oxime groups is 1. The molecule has 0 heterocycles. The zero-order valence-corrected chi connectivity index (χ0v) is 7.34. The summed E-state index contributed by atoms with van der Waals surface area (Å²) >= 11 is 0. The van der Waals surface area contributed by atoms with Crippen molar-refractivity contribution in [3.05, 3.63) is 41.7 Å². The minimum atomic E-state index is 0.508. The van der Waals surface area contributed by atoms with Crippen molar-refractivity contribution in [2.24, 2.45) is 5.16 Å². The molecule has 68 valence electrons. The van der Waals surface area contributed by atoms with E-state index in [1.165, 1.54) is 13.3 Å². The minimum absolute atomic E-state index is 0.508. The first-order chi connectivity index (χ1) is 6.36. The molecule has 0 radical (unpaired) electrons. The van der Waals surface area contributed by atoms with Gasteiger partial charge < -0.3 is 9.94 Å². The lowest BCUT2D eigenvalue weighted by molar-refractivity contribution is 0.301. The molecule has 0 aliphatic carbocycles. The van der Waals surface area contributed by atoms with Gasteiger partial charge in [0.05, 0.1) is 7.11 Å². The molecule has 0 aliphatic rings. The van der Waals surface area contributed by atoms with Crippen LogP contribution in [0.2, 0.25) is 0 Å². The summed E-state index contributed by atoms with van der Waals surface area (Å²) in [4.78, 5) is 0. The smallest absolute Gasteiger partial charge is 0.141 e. The summed E-state index contributed by atoms with van der Waals surface area (Å²) in [6.45, 7) is 0. The molecule has 0 atom stereocenters. The van der Waals surface area contributed by atoms with Crippen molar-refractivity contribution in [2.75, 3.05) is 7.11 Å². The van der Waals surface area contributed by atoms with Gasteiger partial charge in [0.25, 0.3) is 0 Å². The maximum Gasteiger partial charge on any atom is 0.141 e. The van der Waals surface area contributed by atoms with E-state index in [9.17, 15) is 0 Å². The Labute approximate surface area is 77.0 Å². The molecule has 0 aliphatic heterocycles. The van der Waals surface area contributed by atoms with Crippen LogP contribution in [0.1, 0.15) is 5.56 Å². The summed E-state index contributed by atoms with van der Waals surface area (Å²) in [6.07, 6.45) is 3.02. The van der Waals surface area contributed by atoms with Gasteiger partial charge in [-0.1, -0.05) is 35.5 Å². The average Bonchev–Trinajstić information content (AvgIpc) is 2.19. The molecular weight excluding hydrogens is 166 g/mol. The molecule has 3 heteroatoms. The van der Waals surface area contributed by atoms with E-state index in [-0.39, 0.29) is 0 Å². The highest BCUT2D eigenvalue weighted by Crippen LogP contribution is 2.05. The number of nitrogens with zero attached hydrogens (tertiary/aromatic N) is 1. The molecule has 0 fully saturated rings. The zero-order valence-electron chi connectivity index (χ0n) is 7.34. The van der Waals surface area contributed by atoms with Crippen molar-refractivity contribution >= 4 is 12.3 Å². The van der Waals surface area contributed by atoms with E-state index >= 15 is 0 Å². The number of rotatable bonds is 3. The highest BCUT2D eigenvalue weighted by atomic mass is 16.5. The molecule has 0 spiro atoms. The maximum absolute atomic E-state index is 8.29.